The number of aromatic nitrogens is 1. The van der Waals surface area contributed by atoms with Gasteiger partial charge in [-0.25, -0.2) is 4.98 Å². The van der Waals surface area contributed by atoms with Crippen molar-refractivity contribution in [3.63, 3.8) is 0 Å². The van der Waals surface area contributed by atoms with Gasteiger partial charge in [-0.1, -0.05) is 41.4 Å². The molecular weight excluding hydrogens is 420 g/mol. The summed E-state index contributed by atoms with van der Waals surface area (Å²) in [5, 5.41) is 15.2. The Balaban J connectivity index is 1.72. The number of pyridine rings is 1. The smallest absolute Gasteiger partial charge is 0.287 e. The molecule has 31 heavy (non-hydrogen) atoms. The van der Waals surface area contributed by atoms with Crippen LogP contribution in [0.3, 0.4) is 0 Å². The summed E-state index contributed by atoms with van der Waals surface area (Å²) in [5.41, 5.74) is 5.49. The number of nitro groups is 1. The van der Waals surface area contributed by atoms with Crippen LogP contribution >= 0.6 is 11.6 Å². The second kappa shape index (κ2) is 10.4. The van der Waals surface area contributed by atoms with Crippen molar-refractivity contribution in [2.45, 2.75) is 20.5 Å². The summed E-state index contributed by atoms with van der Waals surface area (Å²) in [6.45, 7) is 4.71. The van der Waals surface area contributed by atoms with E-state index >= 15 is 0 Å². The molecule has 0 aliphatic heterocycles. The van der Waals surface area contributed by atoms with Crippen molar-refractivity contribution >= 4 is 29.3 Å². The Hall–Kier alpha value is -3.65. The molecule has 0 atom stereocenters. The molecule has 3 aromatic rings. The lowest BCUT2D eigenvalue weighted by atomic mass is 10.1. The Morgan fingerprint density at radius 3 is 2.74 bits per heavy atom. The van der Waals surface area contributed by atoms with E-state index in [-0.39, 0.29) is 5.69 Å². The molecule has 0 radical (unpaired) electrons. The highest BCUT2D eigenvalue weighted by Crippen LogP contribution is 2.37. The fraction of sp³-hybridized carbons (Fsp3) is 0.182. The van der Waals surface area contributed by atoms with Crippen LogP contribution in [0, 0.1) is 17.0 Å². The van der Waals surface area contributed by atoms with Gasteiger partial charge in [0.15, 0.2) is 11.5 Å². The third-order valence-corrected chi connectivity index (χ3v) is 4.43. The number of benzene rings is 2. The van der Waals surface area contributed by atoms with Crippen molar-refractivity contribution in [3.8, 4) is 11.5 Å². The lowest BCUT2D eigenvalue weighted by Crippen LogP contribution is -2.02. The standard InChI is InChI=1S/C22H21ClN4O4/c1-3-30-20-11-17(12-25-26-21-8-7-18(13-24-21)27(28)29)10-19(23)22(20)31-14-16-6-4-5-15(2)9-16/h4-13H,3,14H2,1-2H3,(H,24,26)/b25-12+. The minimum Gasteiger partial charge on any atom is -0.490 e. The Morgan fingerprint density at radius 1 is 1.23 bits per heavy atom. The lowest BCUT2D eigenvalue weighted by Gasteiger charge is -2.14. The quantitative estimate of drug-likeness (QED) is 0.272. The number of aryl methyl sites for hydroxylation is 1. The van der Waals surface area contributed by atoms with Gasteiger partial charge >= 0.3 is 0 Å². The van der Waals surface area contributed by atoms with E-state index in [1.54, 1.807) is 18.3 Å². The molecule has 2 aromatic carbocycles. The zero-order chi connectivity index (χ0) is 22.2. The first-order valence-corrected chi connectivity index (χ1v) is 9.88. The number of ether oxygens (including phenoxy) is 2. The molecule has 3 rings (SSSR count). The average molecular weight is 441 g/mol. The second-order valence-electron chi connectivity index (χ2n) is 6.57. The first kappa shape index (κ1) is 22.0. The van der Waals surface area contributed by atoms with Crippen LogP contribution in [0.2, 0.25) is 5.02 Å². The predicted molar refractivity (Wildman–Crippen MR) is 120 cm³/mol. The Bertz CT molecular complexity index is 1090. The van der Waals surface area contributed by atoms with Crippen LogP contribution in [0.4, 0.5) is 11.5 Å². The maximum absolute atomic E-state index is 10.7. The summed E-state index contributed by atoms with van der Waals surface area (Å²) in [6, 6.07) is 14.3. The van der Waals surface area contributed by atoms with Gasteiger partial charge in [-0.05, 0) is 43.2 Å². The zero-order valence-electron chi connectivity index (χ0n) is 17.0. The minimum absolute atomic E-state index is 0.0936. The largest absolute Gasteiger partial charge is 0.490 e. The SMILES string of the molecule is CCOc1cc(/C=N/Nc2ccc([N+](=O)[O-])cn2)cc(Cl)c1OCc1cccc(C)c1. The second-order valence-corrected chi connectivity index (χ2v) is 6.98. The van der Waals surface area contributed by atoms with E-state index in [0.717, 1.165) is 17.3 Å². The highest BCUT2D eigenvalue weighted by atomic mass is 35.5. The van der Waals surface area contributed by atoms with Crippen molar-refractivity contribution in [2.75, 3.05) is 12.0 Å². The van der Waals surface area contributed by atoms with Crippen LogP contribution in [-0.2, 0) is 6.61 Å². The number of hydrogen-bond donors (Lipinski definition) is 1. The van der Waals surface area contributed by atoms with Gasteiger partial charge in [0, 0.05) is 6.07 Å². The Morgan fingerprint density at radius 2 is 2.06 bits per heavy atom. The van der Waals surface area contributed by atoms with Crippen LogP contribution in [-0.4, -0.2) is 22.7 Å². The minimum atomic E-state index is -0.514. The summed E-state index contributed by atoms with van der Waals surface area (Å²) in [6.07, 6.45) is 2.70. The molecule has 1 N–H and O–H groups in total. The molecule has 0 amide bonds. The third-order valence-electron chi connectivity index (χ3n) is 4.15. The molecule has 9 heteroatoms. The van der Waals surface area contributed by atoms with Crippen molar-refractivity contribution in [1.82, 2.24) is 4.98 Å². The summed E-state index contributed by atoms with van der Waals surface area (Å²) < 4.78 is 11.6. The van der Waals surface area contributed by atoms with E-state index in [9.17, 15) is 10.1 Å². The normalized spacial score (nSPS) is 10.8. The van der Waals surface area contributed by atoms with Crippen molar-refractivity contribution in [3.05, 3.63) is 86.6 Å². The van der Waals surface area contributed by atoms with Gasteiger partial charge in [-0.3, -0.25) is 15.5 Å². The molecule has 160 valence electrons. The molecule has 1 heterocycles. The van der Waals surface area contributed by atoms with Crippen LogP contribution < -0.4 is 14.9 Å². The predicted octanol–water partition coefficient (Wildman–Crippen LogP) is 5.38. The first-order chi connectivity index (χ1) is 15.0. The van der Waals surface area contributed by atoms with Crippen molar-refractivity contribution in [1.29, 1.82) is 0 Å². The molecule has 8 nitrogen and oxygen atoms in total. The van der Waals surface area contributed by atoms with E-state index in [4.69, 9.17) is 21.1 Å². The Kier molecular flexibility index (Phi) is 7.40. The van der Waals surface area contributed by atoms with Gasteiger partial charge in [-0.15, -0.1) is 0 Å². The maximum Gasteiger partial charge on any atom is 0.287 e. The molecule has 0 saturated heterocycles. The van der Waals surface area contributed by atoms with Crippen molar-refractivity contribution in [2.24, 2.45) is 5.10 Å². The molecule has 0 fully saturated rings. The van der Waals surface area contributed by atoms with E-state index in [0.29, 0.717) is 41.1 Å². The molecule has 0 spiro atoms. The van der Waals surface area contributed by atoms with Crippen LogP contribution in [0.1, 0.15) is 23.6 Å². The van der Waals surface area contributed by atoms with E-state index in [1.165, 1.54) is 12.1 Å². The fourth-order valence-electron chi connectivity index (χ4n) is 2.76. The number of anilines is 1. The summed E-state index contributed by atoms with van der Waals surface area (Å²) >= 11 is 6.45. The van der Waals surface area contributed by atoms with Crippen molar-refractivity contribution < 1.29 is 14.4 Å². The molecule has 0 unspecified atom stereocenters. The van der Waals surface area contributed by atoms with Gasteiger partial charge in [0.2, 0.25) is 0 Å². The highest BCUT2D eigenvalue weighted by Gasteiger charge is 2.13. The summed E-state index contributed by atoms with van der Waals surface area (Å²) in [7, 11) is 0. The number of hydrogen-bond acceptors (Lipinski definition) is 7. The van der Waals surface area contributed by atoms with E-state index in [1.807, 2.05) is 38.1 Å². The van der Waals surface area contributed by atoms with Crippen LogP contribution in [0.15, 0.2) is 59.8 Å². The molecule has 0 aliphatic carbocycles. The molecular formula is C22H21ClN4O4. The molecule has 0 bridgehead atoms. The fourth-order valence-corrected chi connectivity index (χ4v) is 3.03. The molecule has 1 aromatic heterocycles. The highest BCUT2D eigenvalue weighted by molar-refractivity contribution is 6.32. The van der Waals surface area contributed by atoms with E-state index < -0.39 is 4.92 Å². The average Bonchev–Trinajstić information content (AvgIpc) is 2.74. The zero-order valence-corrected chi connectivity index (χ0v) is 17.8. The number of hydrazone groups is 1. The Labute approximate surface area is 184 Å². The van der Waals surface area contributed by atoms with Crippen LogP contribution in [0.5, 0.6) is 11.5 Å². The number of nitrogens with one attached hydrogen (secondary N) is 1. The topological polar surface area (TPSA) is 98.9 Å². The summed E-state index contributed by atoms with van der Waals surface area (Å²) in [4.78, 5) is 14.1. The third kappa shape index (κ3) is 6.16. The number of nitrogens with zero attached hydrogens (tertiary/aromatic N) is 3. The lowest BCUT2D eigenvalue weighted by molar-refractivity contribution is -0.385. The molecule has 0 aliphatic rings. The van der Waals surface area contributed by atoms with Gasteiger partial charge in [0.1, 0.15) is 18.6 Å². The van der Waals surface area contributed by atoms with E-state index in [2.05, 4.69) is 15.5 Å². The van der Waals surface area contributed by atoms with Gasteiger partial charge < -0.3 is 9.47 Å². The van der Waals surface area contributed by atoms with Gasteiger partial charge in [0.25, 0.3) is 5.69 Å². The summed E-state index contributed by atoms with van der Waals surface area (Å²) in [5.74, 6) is 1.35. The maximum atomic E-state index is 10.7. The van der Waals surface area contributed by atoms with Gasteiger partial charge in [0.05, 0.1) is 22.8 Å². The first-order valence-electron chi connectivity index (χ1n) is 9.50. The van der Waals surface area contributed by atoms with Crippen LogP contribution in [0.25, 0.3) is 0 Å². The monoisotopic (exact) mass is 440 g/mol. The van der Waals surface area contributed by atoms with Gasteiger partial charge in [-0.2, -0.15) is 5.10 Å². The number of halogens is 1. The number of rotatable bonds is 9. The molecule has 0 saturated carbocycles.